The van der Waals surface area contributed by atoms with Gasteiger partial charge in [0.15, 0.2) is 0 Å². The number of benzene rings is 1. The molecule has 2 unspecified atom stereocenters. The van der Waals surface area contributed by atoms with Crippen molar-refractivity contribution in [2.24, 2.45) is 29.2 Å². The third-order valence-corrected chi connectivity index (χ3v) is 5.56. The fourth-order valence-corrected chi connectivity index (χ4v) is 4.15. The fourth-order valence-electron chi connectivity index (χ4n) is 4.15. The Morgan fingerprint density at radius 1 is 1.17 bits per heavy atom. The molecule has 3 rings (SSSR count). The van der Waals surface area contributed by atoms with Gasteiger partial charge in [-0.05, 0) is 62.1 Å². The minimum atomic E-state index is -0.487. The van der Waals surface area contributed by atoms with Crippen molar-refractivity contribution in [1.29, 1.82) is 0 Å². The van der Waals surface area contributed by atoms with Crippen molar-refractivity contribution in [1.82, 2.24) is 0 Å². The Hall–Kier alpha value is -1.88. The highest BCUT2D eigenvalue weighted by Gasteiger charge is 2.40. The lowest BCUT2D eigenvalue weighted by molar-refractivity contribution is -0.122. The lowest BCUT2D eigenvalue weighted by Gasteiger charge is -2.43. The normalized spacial score (nSPS) is 29.8. The van der Waals surface area contributed by atoms with Gasteiger partial charge in [-0.15, -0.1) is 0 Å². The molecule has 0 aromatic heterocycles. The molecule has 2 aliphatic carbocycles. The van der Waals surface area contributed by atoms with E-state index >= 15 is 0 Å². The quantitative estimate of drug-likeness (QED) is 0.797. The van der Waals surface area contributed by atoms with Crippen LogP contribution in [0.5, 0.6) is 0 Å². The first-order chi connectivity index (χ1) is 11.0. The average Bonchev–Trinajstić information content (AvgIpc) is 2.48. The van der Waals surface area contributed by atoms with Crippen molar-refractivity contribution in [3.05, 3.63) is 29.3 Å². The Kier molecular flexibility index (Phi) is 4.39. The van der Waals surface area contributed by atoms with Crippen LogP contribution in [0.15, 0.2) is 18.2 Å². The van der Waals surface area contributed by atoms with Crippen LogP contribution in [0.25, 0.3) is 0 Å². The van der Waals surface area contributed by atoms with E-state index in [2.05, 4.69) is 5.32 Å². The van der Waals surface area contributed by atoms with E-state index in [0.29, 0.717) is 23.1 Å². The van der Waals surface area contributed by atoms with Crippen molar-refractivity contribution in [2.45, 2.75) is 45.1 Å². The molecule has 1 aromatic rings. The van der Waals surface area contributed by atoms with Crippen molar-refractivity contribution >= 4 is 17.5 Å². The standard InChI is InChI=1S/C18H25N3O2/c1-10-5-6-13(17(20)22)9-15(10)21-18(23)14-7-11-3-2-4-12(8-14)16(11)19/h5-6,9,11-12,14,16H,2-4,7-8,19H2,1H3,(H2,20,22)(H,21,23). The summed E-state index contributed by atoms with van der Waals surface area (Å²) >= 11 is 0. The molecule has 0 spiro atoms. The first kappa shape index (κ1) is 16.0. The van der Waals surface area contributed by atoms with Crippen LogP contribution >= 0.6 is 0 Å². The molecule has 5 N–H and O–H groups in total. The number of fused-ring (bicyclic) bond motifs is 2. The van der Waals surface area contributed by atoms with Gasteiger partial charge in [0.1, 0.15) is 0 Å². The minimum Gasteiger partial charge on any atom is -0.366 e. The Labute approximate surface area is 136 Å². The molecule has 1 aromatic carbocycles. The van der Waals surface area contributed by atoms with E-state index in [0.717, 1.165) is 31.2 Å². The number of hydrogen-bond donors (Lipinski definition) is 3. The summed E-state index contributed by atoms with van der Waals surface area (Å²) in [5.41, 5.74) is 13.6. The van der Waals surface area contributed by atoms with E-state index < -0.39 is 5.91 Å². The summed E-state index contributed by atoms with van der Waals surface area (Å²) in [6.45, 7) is 1.91. The van der Waals surface area contributed by atoms with Gasteiger partial charge in [0.05, 0.1) is 0 Å². The van der Waals surface area contributed by atoms with Gasteiger partial charge in [-0.1, -0.05) is 12.5 Å². The highest BCUT2D eigenvalue weighted by atomic mass is 16.2. The number of hydrogen-bond acceptors (Lipinski definition) is 3. The number of nitrogens with two attached hydrogens (primary N) is 2. The number of rotatable bonds is 3. The zero-order valence-corrected chi connectivity index (χ0v) is 13.5. The summed E-state index contributed by atoms with van der Waals surface area (Å²) < 4.78 is 0. The van der Waals surface area contributed by atoms with Gasteiger partial charge >= 0.3 is 0 Å². The Morgan fingerprint density at radius 3 is 2.43 bits per heavy atom. The van der Waals surface area contributed by atoms with Crippen LogP contribution in [-0.2, 0) is 4.79 Å². The fraction of sp³-hybridized carbons (Fsp3) is 0.556. The maximum Gasteiger partial charge on any atom is 0.248 e. The highest BCUT2D eigenvalue weighted by Crippen LogP contribution is 2.42. The van der Waals surface area contributed by atoms with E-state index in [-0.39, 0.29) is 17.9 Å². The lowest BCUT2D eigenvalue weighted by atomic mass is 9.65. The minimum absolute atomic E-state index is 0.0155. The number of nitrogens with one attached hydrogen (secondary N) is 1. The zero-order chi connectivity index (χ0) is 16.6. The van der Waals surface area contributed by atoms with Crippen LogP contribution < -0.4 is 16.8 Å². The number of primary amides is 1. The van der Waals surface area contributed by atoms with Crippen molar-refractivity contribution in [2.75, 3.05) is 5.32 Å². The molecule has 2 fully saturated rings. The molecule has 0 radical (unpaired) electrons. The monoisotopic (exact) mass is 315 g/mol. The second-order valence-corrected chi connectivity index (χ2v) is 7.08. The van der Waals surface area contributed by atoms with Crippen LogP contribution in [0.4, 0.5) is 5.69 Å². The Balaban J connectivity index is 1.72. The van der Waals surface area contributed by atoms with Crippen LogP contribution in [0, 0.1) is 24.7 Å². The summed E-state index contributed by atoms with van der Waals surface area (Å²) in [7, 11) is 0. The molecule has 23 heavy (non-hydrogen) atoms. The zero-order valence-electron chi connectivity index (χ0n) is 13.5. The first-order valence-electron chi connectivity index (χ1n) is 8.42. The maximum absolute atomic E-state index is 12.7. The van der Waals surface area contributed by atoms with Crippen LogP contribution in [0.3, 0.4) is 0 Å². The molecule has 2 saturated carbocycles. The summed E-state index contributed by atoms with van der Waals surface area (Å²) in [4.78, 5) is 24.0. The average molecular weight is 315 g/mol. The predicted molar refractivity (Wildman–Crippen MR) is 89.9 cm³/mol. The number of amides is 2. The smallest absolute Gasteiger partial charge is 0.248 e. The van der Waals surface area contributed by atoms with Crippen LogP contribution in [0.2, 0.25) is 0 Å². The number of carbonyl (C=O) groups excluding carboxylic acids is 2. The SMILES string of the molecule is Cc1ccc(C(N)=O)cc1NC(=O)C1CC2CCCC(C1)C2N. The molecular weight excluding hydrogens is 290 g/mol. The molecular formula is C18H25N3O2. The van der Waals surface area contributed by atoms with Gasteiger partial charge < -0.3 is 16.8 Å². The molecule has 0 heterocycles. The van der Waals surface area contributed by atoms with E-state index in [1.54, 1.807) is 18.2 Å². The maximum atomic E-state index is 12.7. The van der Waals surface area contributed by atoms with E-state index in [1.165, 1.54) is 6.42 Å². The van der Waals surface area contributed by atoms with E-state index in [1.807, 2.05) is 6.92 Å². The van der Waals surface area contributed by atoms with Crippen LogP contribution in [0.1, 0.15) is 48.0 Å². The molecule has 5 heteroatoms. The van der Waals surface area contributed by atoms with E-state index in [9.17, 15) is 9.59 Å². The summed E-state index contributed by atoms with van der Waals surface area (Å²) in [5.74, 6) is 0.506. The predicted octanol–water partition coefficient (Wildman–Crippen LogP) is 2.19. The van der Waals surface area contributed by atoms with Crippen molar-refractivity contribution in [3.8, 4) is 0 Å². The molecule has 124 valence electrons. The van der Waals surface area contributed by atoms with Gasteiger partial charge in [-0.2, -0.15) is 0 Å². The summed E-state index contributed by atoms with van der Waals surface area (Å²) in [5, 5.41) is 2.99. The second kappa shape index (κ2) is 6.32. The first-order valence-corrected chi connectivity index (χ1v) is 8.42. The van der Waals surface area contributed by atoms with Gasteiger partial charge in [0.25, 0.3) is 0 Å². The Morgan fingerprint density at radius 2 is 1.83 bits per heavy atom. The summed E-state index contributed by atoms with van der Waals surface area (Å²) in [6.07, 6.45) is 5.25. The molecule has 2 bridgehead atoms. The van der Waals surface area contributed by atoms with Gasteiger partial charge in [0, 0.05) is 23.2 Å². The van der Waals surface area contributed by atoms with Crippen molar-refractivity contribution in [3.63, 3.8) is 0 Å². The largest absolute Gasteiger partial charge is 0.366 e. The van der Waals surface area contributed by atoms with Gasteiger partial charge in [-0.25, -0.2) is 0 Å². The molecule has 0 saturated heterocycles. The number of carbonyl (C=O) groups is 2. The number of aryl methyl sites for hydroxylation is 1. The van der Waals surface area contributed by atoms with Gasteiger partial charge in [-0.3, -0.25) is 9.59 Å². The topological polar surface area (TPSA) is 98.2 Å². The molecule has 2 atom stereocenters. The van der Waals surface area contributed by atoms with Gasteiger partial charge in [0.2, 0.25) is 11.8 Å². The summed E-state index contributed by atoms with van der Waals surface area (Å²) in [6, 6.07) is 5.40. The highest BCUT2D eigenvalue weighted by molar-refractivity contribution is 5.97. The molecule has 0 aliphatic heterocycles. The Bertz CT molecular complexity index is 615. The molecule has 5 nitrogen and oxygen atoms in total. The van der Waals surface area contributed by atoms with Crippen molar-refractivity contribution < 1.29 is 9.59 Å². The van der Waals surface area contributed by atoms with E-state index in [4.69, 9.17) is 11.5 Å². The number of anilines is 1. The molecule has 2 aliphatic rings. The molecule has 2 amide bonds. The third kappa shape index (κ3) is 3.24. The second-order valence-electron chi connectivity index (χ2n) is 7.08. The van der Waals surface area contributed by atoms with Crippen LogP contribution in [-0.4, -0.2) is 17.9 Å². The third-order valence-electron chi connectivity index (χ3n) is 5.56. The lowest BCUT2D eigenvalue weighted by Crippen LogP contribution is -2.48.